The maximum absolute atomic E-state index is 12.0. The molecular formula is C17H15N7O5. The molecule has 2 N–H and O–H groups in total. The van der Waals surface area contributed by atoms with Crippen LogP contribution in [-0.4, -0.2) is 37.1 Å². The smallest absolute Gasteiger partial charge is 0.433 e. The maximum atomic E-state index is 12.0. The highest BCUT2D eigenvalue weighted by Crippen LogP contribution is 2.19. The molecule has 0 unspecified atom stereocenters. The molecule has 0 atom stereocenters. The van der Waals surface area contributed by atoms with E-state index in [0.717, 1.165) is 17.2 Å². The molecular weight excluding hydrogens is 382 g/mol. The molecule has 0 aliphatic rings. The second kappa shape index (κ2) is 7.80. The molecule has 0 spiro atoms. The highest BCUT2D eigenvalue weighted by molar-refractivity contribution is 5.91. The number of amides is 1. The van der Waals surface area contributed by atoms with Crippen LogP contribution in [0.25, 0.3) is 11.0 Å². The van der Waals surface area contributed by atoms with E-state index in [9.17, 15) is 14.9 Å². The summed E-state index contributed by atoms with van der Waals surface area (Å²) in [4.78, 5) is 30.4. The largest absolute Gasteiger partial charge is 0.467 e. The van der Waals surface area contributed by atoms with Crippen LogP contribution in [0.4, 0.5) is 11.7 Å². The SMILES string of the molecule is O=C(NCCn1ncc2c(NCc3ccco3)ncnc21)c1ccc([N+](=O)[O-])o1. The van der Waals surface area contributed by atoms with Crippen LogP contribution in [-0.2, 0) is 13.1 Å². The number of hydrogen-bond donors (Lipinski definition) is 2. The number of furan rings is 2. The first kappa shape index (κ1) is 18.2. The zero-order chi connectivity index (χ0) is 20.2. The number of fused-ring (bicyclic) bond motifs is 1. The van der Waals surface area contributed by atoms with Crippen LogP contribution in [0.1, 0.15) is 16.3 Å². The minimum atomic E-state index is -0.704. The van der Waals surface area contributed by atoms with Crippen molar-refractivity contribution in [2.24, 2.45) is 0 Å². The number of nitrogens with zero attached hydrogens (tertiary/aromatic N) is 5. The van der Waals surface area contributed by atoms with Crippen LogP contribution < -0.4 is 10.6 Å². The predicted octanol–water partition coefficient (Wildman–Crippen LogP) is 1.96. The van der Waals surface area contributed by atoms with Crippen molar-refractivity contribution in [3.05, 3.63) is 64.7 Å². The van der Waals surface area contributed by atoms with Gasteiger partial charge in [-0.1, -0.05) is 0 Å². The molecule has 12 nitrogen and oxygen atoms in total. The Morgan fingerprint density at radius 3 is 2.93 bits per heavy atom. The summed E-state index contributed by atoms with van der Waals surface area (Å²) in [6.45, 7) is 1.03. The Labute approximate surface area is 162 Å². The third kappa shape index (κ3) is 3.90. The van der Waals surface area contributed by atoms with Gasteiger partial charge in [-0.05, 0) is 18.2 Å². The molecule has 4 aromatic rings. The summed E-state index contributed by atoms with van der Waals surface area (Å²) >= 11 is 0. The number of anilines is 1. The van der Waals surface area contributed by atoms with Crippen LogP contribution in [0.2, 0.25) is 0 Å². The number of nitrogens with one attached hydrogen (secondary N) is 2. The first-order chi connectivity index (χ1) is 14.1. The third-order valence-corrected chi connectivity index (χ3v) is 4.05. The molecule has 0 bridgehead atoms. The highest BCUT2D eigenvalue weighted by atomic mass is 16.6. The number of carbonyl (C=O) groups excluding carboxylic acids is 1. The second-order valence-corrected chi connectivity index (χ2v) is 5.91. The molecule has 12 heteroatoms. The molecule has 4 heterocycles. The zero-order valence-electron chi connectivity index (χ0n) is 14.9. The normalized spacial score (nSPS) is 10.9. The van der Waals surface area contributed by atoms with E-state index in [0.29, 0.717) is 24.6 Å². The van der Waals surface area contributed by atoms with Crippen molar-refractivity contribution < 1.29 is 18.6 Å². The molecule has 0 saturated carbocycles. The Hall–Kier alpha value is -4.22. The summed E-state index contributed by atoms with van der Waals surface area (Å²) in [5.74, 6) is 0.216. The standard InChI is InChI=1S/C17H15N7O5/c25-17(13-3-4-14(29-13)24(26)27)18-5-6-23-16-12(9-22-23)15(20-10-21-16)19-8-11-2-1-7-28-11/h1-4,7,9-10H,5-6,8H2,(H,18,25)(H,19,20,21). The van der Waals surface area contributed by atoms with Crippen LogP contribution >= 0.6 is 0 Å². The van der Waals surface area contributed by atoms with Crippen molar-refractivity contribution in [1.29, 1.82) is 0 Å². The van der Waals surface area contributed by atoms with Gasteiger partial charge in [-0.15, -0.1) is 0 Å². The van der Waals surface area contributed by atoms with Gasteiger partial charge in [-0.25, -0.2) is 14.6 Å². The van der Waals surface area contributed by atoms with Gasteiger partial charge in [0.05, 0.1) is 37.0 Å². The van der Waals surface area contributed by atoms with Crippen molar-refractivity contribution in [2.75, 3.05) is 11.9 Å². The zero-order valence-corrected chi connectivity index (χ0v) is 14.9. The molecule has 0 aliphatic carbocycles. The van der Waals surface area contributed by atoms with Crippen molar-refractivity contribution in [1.82, 2.24) is 25.1 Å². The third-order valence-electron chi connectivity index (χ3n) is 4.05. The highest BCUT2D eigenvalue weighted by Gasteiger charge is 2.17. The van der Waals surface area contributed by atoms with Gasteiger partial charge < -0.3 is 19.5 Å². The minimum Gasteiger partial charge on any atom is -0.467 e. The topological polar surface area (TPSA) is 154 Å². The van der Waals surface area contributed by atoms with Crippen LogP contribution in [0.5, 0.6) is 0 Å². The van der Waals surface area contributed by atoms with E-state index in [1.807, 2.05) is 6.07 Å². The Morgan fingerprint density at radius 1 is 1.28 bits per heavy atom. The predicted molar refractivity (Wildman–Crippen MR) is 99.1 cm³/mol. The molecule has 4 rings (SSSR count). The van der Waals surface area contributed by atoms with E-state index < -0.39 is 16.7 Å². The fourth-order valence-electron chi connectivity index (χ4n) is 2.69. The van der Waals surface area contributed by atoms with Crippen LogP contribution in [0.15, 0.2) is 51.9 Å². The number of aromatic nitrogens is 4. The van der Waals surface area contributed by atoms with Gasteiger partial charge in [0, 0.05) is 6.54 Å². The van der Waals surface area contributed by atoms with E-state index in [1.165, 1.54) is 12.4 Å². The van der Waals surface area contributed by atoms with E-state index in [-0.39, 0.29) is 12.3 Å². The molecule has 0 fully saturated rings. The lowest BCUT2D eigenvalue weighted by molar-refractivity contribution is -0.402. The van der Waals surface area contributed by atoms with Crippen molar-refractivity contribution >= 4 is 28.6 Å². The molecule has 148 valence electrons. The molecule has 0 radical (unpaired) electrons. The fourth-order valence-corrected chi connectivity index (χ4v) is 2.69. The number of rotatable bonds is 8. The first-order valence-electron chi connectivity index (χ1n) is 8.57. The van der Waals surface area contributed by atoms with Crippen molar-refractivity contribution in [2.45, 2.75) is 13.1 Å². The molecule has 1 amide bonds. The van der Waals surface area contributed by atoms with Gasteiger partial charge in [0.25, 0.3) is 5.91 Å². The average molecular weight is 397 g/mol. The van der Waals surface area contributed by atoms with Gasteiger partial charge in [0.15, 0.2) is 11.4 Å². The van der Waals surface area contributed by atoms with Crippen LogP contribution in [0, 0.1) is 10.1 Å². The molecule has 4 aromatic heterocycles. The van der Waals surface area contributed by atoms with Gasteiger partial charge in [-0.2, -0.15) is 5.10 Å². The lowest BCUT2D eigenvalue weighted by Gasteiger charge is -2.06. The monoisotopic (exact) mass is 397 g/mol. The van der Waals surface area contributed by atoms with Crippen LogP contribution in [0.3, 0.4) is 0 Å². The van der Waals surface area contributed by atoms with E-state index in [1.54, 1.807) is 23.2 Å². The summed E-state index contributed by atoms with van der Waals surface area (Å²) in [6.07, 6.45) is 4.66. The molecule has 0 saturated heterocycles. The van der Waals surface area contributed by atoms with Gasteiger partial charge in [0.2, 0.25) is 0 Å². The van der Waals surface area contributed by atoms with Crippen molar-refractivity contribution in [3.63, 3.8) is 0 Å². The van der Waals surface area contributed by atoms with E-state index in [4.69, 9.17) is 8.83 Å². The molecule has 29 heavy (non-hydrogen) atoms. The quantitative estimate of drug-likeness (QED) is 0.335. The van der Waals surface area contributed by atoms with Gasteiger partial charge >= 0.3 is 5.88 Å². The average Bonchev–Trinajstić information content (AvgIpc) is 3.47. The van der Waals surface area contributed by atoms with Gasteiger partial charge in [0.1, 0.15) is 22.8 Å². The first-order valence-corrected chi connectivity index (χ1v) is 8.57. The Kier molecular flexibility index (Phi) is 4.88. The second-order valence-electron chi connectivity index (χ2n) is 5.91. The van der Waals surface area contributed by atoms with Crippen molar-refractivity contribution in [3.8, 4) is 0 Å². The number of carbonyl (C=O) groups is 1. The summed E-state index contributed by atoms with van der Waals surface area (Å²) in [5, 5.41) is 21.4. The Balaban J connectivity index is 1.38. The number of hydrogen-bond acceptors (Lipinski definition) is 9. The molecule has 0 aliphatic heterocycles. The molecule has 0 aromatic carbocycles. The lowest BCUT2D eigenvalue weighted by Crippen LogP contribution is -2.27. The van der Waals surface area contributed by atoms with E-state index >= 15 is 0 Å². The fraction of sp³-hybridized carbons (Fsp3) is 0.176. The number of nitro groups is 1. The summed E-state index contributed by atoms with van der Waals surface area (Å²) < 4.78 is 11.8. The summed E-state index contributed by atoms with van der Waals surface area (Å²) in [6, 6.07) is 6.04. The van der Waals surface area contributed by atoms with Gasteiger partial charge in [-0.3, -0.25) is 14.9 Å². The summed E-state index contributed by atoms with van der Waals surface area (Å²) in [5.41, 5.74) is 0.602. The minimum absolute atomic E-state index is 0.131. The Bertz CT molecular complexity index is 1150. The lowest BCUT2D eigenvalue weighted by atomic mass is 10.3. The Morgan fingerprint density at radius 2 is 2.17 bits per heavy atom. The summed E-state index contributed by atoms with van der Waals surface area (Å²) in [7, 11) is 0. The van der Waals surface area contributed by atoms with E-state index in [2.05, 4.69) is 25.7 Å². The maximum Gasteiger partial charge on any atom is 0.433 e.